The number of nitrogens with zero attached hydrogens (tertiary/aromatic N) is 5. The fraction of sp³-hybridized carbons (Fsp3) is 0. The van der Waals surface area contributed by atoms with Crippen LogP contribution in [0.3, 0.4) is 0 Å². The molecule has 0 aliphatic carbocycles. The van der Waals surface area contributed by atoms with Crippen LogP contribution in [0.5, 0.6) is 11.5 Å². The molecule has 0 bridgehead atoms. The summed E-state index contributed by atoms with van der Waals surface area (Å²) in [6, 6.07) is 55.2. The summed E-state index contributed by atoms with van der Waals surface area (Å²) < 4.78 is 10.9. The number of imidazole rings is 2. The van der Waals surface area contributed by atoms with Crippen LogP contribution in [-0.4, -0.2) is 23.8 Å². The van der Waals surface area contributed by atoms with Crippen molar-refractivity contribution >= 4 is 54.8 Å². The third-order valence-electron chi connectivity index (χ3n) is 10.1. The van der Waals surface area contributed by atoms with Crippen molar-refractivity contribution in [2.75, 3.05) is 0 Å². The van der Waals surface area contributed by atoms with Gasteiger partial charge in [-0.05, 0) is 39.1 Å². The van der Waals surface area contributed by atoms with E-state index in [0.29, 0.717) is 11.5 Å². The third kappa shape index (κ3) is 4.95. The van der Waals surface area contributed by atoms with Crippen molar-refractivity contribution in [1.82, 2.24) is 23.8 Å². The fourth-order valence-corrected chi connectivity index (χ4v) is 7.81. The molecule has 0 fully saturated rings. The van der Waals surface area contributed by atoms with Crippen LogP contribution in [0, 0.1) is 12.1 Å². The van der Waals surface area contributed by atoms with Crippen molar-refractivity contribution in [3.63, 3.8) is 0 Å². The number of hydrogen-bond donors (Lipinski definition) is 0. The molecule has 11 aromatic rings. The molecule has 0 saturated carbocycles. The van der Waals surface area contributed by atoms with Crippen LogP contribution in [0.1, 0.15) is 0 Å². The molecular weight excluding hydrogens is 846 g/mol. The molecule has 0 saturated heterocycles. The van der Waals surface area contributed by atoms with E-state index >= 15 is 0 Å². The van der Waals surface area contributed by atoms with Gasteiger partial charge in [0.25, 0.3) is 0 Å². The van der Waals surface area contributed by atoms with Gasteiger partial charge in [0.1, 0.15) is 5.65 Å². The van der Waals surface area contributed by atoms with Crippen LogP contribution in [-0.2, 0) is 21.1 Å². The van der Waals surface area contributed by atoms with Gasteiger partial charge < -0.3 is 13.5 Å². The minimum atomic E-state index is 0. The Morgan fingerprint density at radius 2 is 1.09 bits per heavy atom. The molecule has 0 aliphatic heterocycles. The molecule has 0 spiro atoms. The van der Waals surface area contributed by atoms with Gasteiger partial charge in [-0.15, -0.1) is 12.1 Å². The predicted octanol–water partition coefficient (Wildman–Crippen LogP) is 11.4. The Morgan fingerprint density at radius 1 is 0.481 bits per heavy atom. The Labute approximate surface area is 324 Å². The topological polar surface area (TPSA) is 56.7 Å². The zero-order chi connectivity index (χ0) is 34.9. The second-order valence-electron chi connectivity index (χ2n) is 13.1. The number of hydrogen-bond acceptors (Lipinski definition) is 4. The van der Waals surface area contributed by atoms with E-state index in [1.165, 1.54) is 5.56 Å². The SMILES string of the molecule is [Pt+2].[c-]1c(Oc2[c-]c3c(cc2)c2cccnc2n2c(-c4ccccc4)cnc32)ccc2c1c1nccn1c1c(-c3ccccc3)c(-c3ccccc3)ccc21. The van der Waals surface area contributed by atoms with Crippen molar-refractivity contribution in [2.24, 2.45) is 0 Å². The summed E-state index contributed by atoms with van der Waals surface area (Å²) in [6.45, 7) is 0. The molecule has 11 rings (SSSR count). The van der Waals surface area contributed by atoms with Gasteiger partial charge in [-0.1, -0.05) is 155 Å². The van der Waals surface area contributed by atoms with Gasteiger partial charge >= 0.3 is 21.1 Å². The molecule has 6 aromatic carbocycles. The number of ether oxygens (including phenoxy) is 1. The average molecular weight is 873 g/mol. The summed E-state index contributed by atoms with van der Waals surface area (Å²) in [5.74, 6) is 1.15. The van der Waals surface area contributed by atoms with E-state index in [0.717, 1.165) is 82.7 Å². The van der Waals surface area contributed by atoms with Crippen molar-refractivity contribution in [3.8, 4) is 45.0 Å². The molecular formula is C47H27N5OPt. The minimum absolute atomic E-state index is 0. The number of fused-ring (bicyclic) bond motifs is 12. The Kier molecular flexibility index (Phi) is 7.60. The molecule has 54 heavy (non-hydrogen) atoms. The van der Waals surface area contributed by atoms with Gasteiger partial charge in [0, 0.05) is 47.4 Å². The van der Waals surface area contributed by atoms with Crippen molar-refractivity contribution < 1.29 is 25.8 Å². The average Bonchev–Trinajstić information content (AvgIpc) is 3.91. The maximum atomic E-state index is 6.55. The number of benzene rings is 6. The summed E-state index contributed by atoms with van der Waals surface area (Å²) in [5, 5.41) is 5.93. The van der Waals surface area contributed by atoms with E-state index < -0.39 is 0 Å². The van der Waals surface area contributed by atoms with Gasteiger partial charge in [-0.25, -0.2) is 4.98 Å². The Balaban J connectivity index is 0.00000361. The summed E-state index contributed by atoms with van der Waals surface area (Å²) in [5.41, 5.74) is 10.2. The normalized spacial score (nSPS) is 11.6. The number of pyridine rings is 3. The number of aromatic nitrogens is 5. The van der Waals surface area contributed by atoms with Crippen LogP contribution >= 0.6 is 0 Å². The fourth-order valence-electron chi connectivity index (χ4n) is 7.81. The molecule has 256 valence electrons. The van der Waals surface area contributed by atoms with E-state index in [9.17, 15) is 0 Å². The molecule has 0 atom stereocenters. The minimum Gasteiger partial charge on any atom is -0.497 e. The standard InChI is InChI=1S/C47H27N5O.Pt/c1-4-11-30(12-5-1)35-22-23-38-36-20-18-33(27-40(36)45-49-25-26-51(45)44(38)43(35)32-15-8-3-9-16-32)53-34-19-21-37-39-17-10-24-48-46(39)52-42(31-13-6-2-7-14-31)29-50-47(52)41(37)28-34;/h1-26,29H;/q-2;+2. The van der Waals surface area contributed by atoms with Crippen molar-refractivity contribution in [1.29, 1.82) is 0 Å². The first-order valence-electron chi connectivity index (χ1n) is 17.5. The summed E-state index contributed by atoms with van der Waals surface area (Å²) in [4.78, 5) is 14.5. The monoisotopic (exact) mass is 872 g/mol. The first-order chi connectivity index (χ1) is 26.3. The van der Waals surface area contributed by atoms with Crippen molar-refractivity contribution in [3.05, 3.63) is 176 Å². The third-order valence-corrected chi connectivity index (χ3v) is 10.1. The van der Waals surface area contributed by atoms with Crippen LogP contribution in [0.25, 0.3) is 88.3 Å². The second-order valence-corrected chi connectivity index (χ2v) is 13.1. The predicted molar refractivity (Wildman–Crippen MR) is 212 cm³/mol. The largest absolute Gasteiger partial charge is 2.00 e. The molecule has 6 nitrogen and oxygen atoms in total. The van der Waals surface area contributed by atoms with Crippen LogP contribution in [0.15, 0.2) is 164 Å². The first-order valence-corrected chi connectivity index (χ1v) is 17.5. The molecule has 7 heteroatoms. The van der Waals surface area contributed by atoms with Crippen LogP contribution < -0.4 is 4.74 Å². The van der Waals surface area contributed by atoms with E-state index in [1.807, 2.05) is 61.2 Å². The van der Waals surface area contributed by atoms with Gasteiger partial charge in [0.2, 0.25) is 0 Å². The van der Waals surface area contributed by atoms with Crippen molar-refractivity contribution in [2.45, 2.75) is 0 Å². The van der Waals surface area contributed by atoms with Gasteiger partial charge in [-0.3, -0.25) is 9.97 Å². The van der Waals surface area contributed by atoms with Gasteiger partial charge in [0.05, 0.1) is 17.0 Å². The zero-order valence-electron chi connectivity index (χ0n) is 28.5. The van der Waals surface area contributed by atoms with Crippen LogP contribution in [0.2, 0.25) is 0 Å². The summed E-state index contributed by atoms with van der Waals surface area (Å²) in [6.07, 6.45) is 7.62. The van der Waals surface area contributed by atoms with E-state index in [4.69, 9.17) is 19.7 Å². The molecule has 0 aliphatic rings. The maximum absolute atomic E-state index is 6.55. The van der Waals surface area contributed by atoms with Crippen LogP contribution in [0.4, 0.5) is 0 Å². The molecule has 0 unspecified atom stereocenters. The van der Waals surface area contributed by atoms with E-state index in [2.05, 4.69) is 124 Å². The molecule has 0 amide bonds. The van der Waals surface area contributed by atoms with E-state index in [-0.39, 0.29) is 21.1 Å². The smallest absolute Gasteiger partial charge is 0.497 e. The Bertz CT molecular complexity index is 3190. The van der Waals surface area contributed by atoms with E-state index in [1.54, 1.807) is 0 Å². The maximum Gasteiger partial charge on any atom is 2.00 e. The van der Waals surface area contributed by atoms with Gasteiger partial charge in [-0.2, -0.15) is 0 Å². The molecule has 5 aromatic heterocycles. The second kappa shape index (κ2) is 12.8. The van der Waals surface area contributed by atoms with Gasteiger partial charge in [0.15, 0.2) is 0 Å². The molecule has 5 heterocycles. The molecule has 0 N–H and O–H groups in total. The summed E-state index contributed by atoms with van der Waals surface area (Å²) in [7, 11) is 0. The zero-order valence-corrected chi connectivity index (χ0v) is 30.8. The first kappa shape index (κ1) is 32.1. The number of rotatable bonds is 5. The summed E-state index contributed by atoms with van der Waals surface area (Å²) >= 11 is 0. The quantitative estimate of drug-likeness (QED) is 0.128. The Morgan fingerprint density at radius 3 is 1.81 bits per heavy atom. The Hall–Kier alpha value is -6.62. The molecule has 0 radical (unpaired) electrons.